The molecule has 2 N–H and O–H groups in total. The highest BCUT2D eigenvalue weighted by atomic mass is 35.5. The maximum Gasteiger partial charge on any atom is 0.181 e. The molecular formula is C8H10ClN5. The first kappa shape index (κ1) is 10.5. The summed E-state index contributed by atoms with van der Waals surface area (Å²) in [6.45, 7) is 0. The first-order valence-corrected chi connectivity index (χ1v) is 3.85. The smallest absolute Gasteiger partial charge is 0.181 e. The molecular weight excluding hydrogens is 202 g/mol. The number of benzene rings is 1. The standard InChI is InChI=1S/C8H9N5.ClH/c1-13-8(10-11-12-13)6-2-4-7(9)5-3-6;/h2-5H,9H2,1H3;1H. The number of nitrogens with zero attached hydrogens (tertiary/aromatic N) is 4. The first-order chi connectivity index (χ1) is 6.27. The van der Waals surface area contributed by atoms with Gasteiger partial charge in [0.25, 0.3) is 0 Å². The molecule has 0 fully saturated rings. The summed E-state index contributed by atoms with van der Waals surface area (Å²) in [6, 6.07) is 7.43. The Balaban J connectivity index is 0.000000980. The lowest BCUT2D eigenvalue weighted by Crippen LogP contribution is -1.94. The molecule has 6 heteroatoms. The molecule has 1 heterocycles. The molecule has 1 aromatic heterocycles. The molecule has 1 aromatic carbocycles. The van der Waals surface area contributed by atoms with Gasteiger partial charge in [0, 0.05) is 18.3 Å². The number of anilines is 1. The lowest BCUT2D eigenvalue weighted by molar-refractivity contribution is 0.714. The van der Waals surface area contributed by atoms with Gasteiger partial charge in [-0.1, -0.05) is 0 Å². The minimum absolute atomic E-state index is 0. The molecule has 5 nitrogen and oxygen atoms in total. The topological polar surface area (TPSA) is 69.6 Å². The van der Waals surface area contributed by atoms with Crippen LogP contribution >= 0.6 is 12.4 Å². The molecule has 0 saturated heterocycles. The number of hydrogen-bond acceptors (Lipinski definition) is 4. The third kappa shape index (κ3) is 1.82. The maximum atomic E-state index is 5.56. The third-order valence-corrected chi connectivity index (χ3v) is 1.79. The lowest BCUT2D eigenvalue weighted by atomic mass is 10.2. The van der Waals surface area contributed by atoms with E-state index in [1.165, 1.54) is 0 Å². The predicted octanol–water partition coefficient (Wildman–Crippen LogP) is 0.881. The van der Waals surface area contributed by atoms with Gasteiger partial charge in [0.05, 0.1) is 0 Å². The van der Waals surface area contributed by atoms with E-state index in [1.807, 2.05) is 24.3 Å². The van der Waals surface area contributed by atoms with Gasteiger partial charge >= 0.3 is 0 Å². The van der Waals surface area contributed by atoms with Gasteiger partial charge in [-0.05, 0) is 34.7 Å². The summed E-state index contributed by atoms with van der Waals surface area (Å²) < 4.78 is 1.62. The molecule has 0 aliphatic heterocycles. The molecule has 0 bridgehead atoms. The SMILES string of the molecule is Cl.Cn1nnnc1-c1ccc(N)cc1. The third-order valence-electron chi connectivity index (χ3n) is 1.79. The molecule has 0 saturated carbocycles. The van der Waals surface area contributed by atoms with E-state index in [9.17, 15) is 0 Å². The Labute approximate surface area is 87.3 Å². The number of hydrogen-bond donors (Lipinski definition) is 1. The summed E-state index contributed by atoms with van der Waals surface area (Å²) in [5.74, 6) is 0.736. The van der Waals surface area contributed by atoms with Crippen LogP contribution in [0.1, 0.15) is 0 Å². The highest BCUT2D eigenvalue weighted by Crippen LogP contribution is 2.15. The number of nitrogens with two attached hydrogens (primary N) is 1. The van der Waals surface area contributed by atoms with Crippen LogP contribution in [0.5, 0.6) is 0 Å². The summed E-state index contributed by atoms with van der Waals surface area (Å²) in [5.41, 5.74) is 7.25. The summed E-state index contributed by atoms with van der Waals surface area (Å²) in [6.07, 6.45) is 0. The molecule has 0 aliphatic carbocycles. The van der Waals surface area contributed by atoms with Gasteiger partial charge in [-0.2, -0.15) is 0 Å². The van der Waals surface area contributed by atoms with E-state index in [0.29, 0.717) is 0 Å². The van der Waals surface area contributed by atoms with E-state index in [0.717, 1.165) is 17.1 Å². The van der Waals surface area contributed by atoms with Crippen LogP contribution < -0.4 is 5.73 Å². The van der Waals surface area contributed by atoms with Crippen LogP contribution in [0, 0.1) is 0 Å². The number of halogens is 1. The molecule has 74 valence electrons. The van der Waals surface area contributed by atoms with Crippen molar-refractivity contribution < 1.29 is 0 Å². The van der Waals surface area contributed by atoms with E-state index in [-0.39, 0.29) is 12.4 Å². The van der Waals surface area contributed by atoms with Crippen LogP contribution in [0.3, 0.4) is 0 Å². The van der Waals surface area contributed by atoms with Crippen molar-refractivity contribution in [1.82, 2.24) is 20.2 Å². The Morgan fingerprint density at radius 2 is 1.86 bits per heavy atom. The zero-order valence-corrected chi connectivity index (χ0v) is 8.40. The molecule has 0 radical (unpaired) electrons. The Hall–Kier alpha value is -1.62. The van der Waals surface area contributed by atoms with E-state index in [1.54, 1.807) is 11.7 Å². The Morgan fingerprint density at radius 1 is 1.21 bits per heavy atom. The Bertz CT molecular complexity index is 408. The number of nitrogen functional groups attached to an aromatic ring is 1. The number of aromatic nitrogens is 4. The molecule has 2 rings (SSSR count). The van der Waals surface area contributed by atoms with Crippen molar-refractivity contribution in [1.29, 1.82) is 0 Å². The second-order valence-corrected chi connectivity index (χ2v) is 2.75. The van der Waals surface area contributed by atoms with Gasteiger partial charge in [0.15, 0.2) is 5.82 Å². The van der Waals surface area contributed by atoms with Gasteiger partial charge < -0.3 is 5.73 Å². The fourth-order valence-corrected chi connectivity index (χ4v) is 1.11. The maximum absolute atomic E-state index is 5.56. The average molecular weight is 212 g/mol. The lowest BCUT2D eigenvalue weighted by Gasteiger charge is -1.98. The minimum atomic E-state index is 0. The van der Waals surface area contributed by atoms with Crippen molar-refractivity contribution in [3.05, 3.63) is 24.3 Å². The molecule has 0 spiro atoms. The zero-order valence-electron chi connectivity index (χ0n) is 7.58. The summed E-state index contributed by atoms with van der Waals surface area (Å²) in [5, 5.41) is 11.2. The fraction of sp³-hybridized carbons (Fsp3) is 0.125. The van der Waals surface area contributed by atoms with Gasteiger partial charge in [-0.3, -0.25) is 0 Å². The van der Waals surface area contributed by atoms with Crippen LogP contribution in [0.2, 0.25) is 0 Å². The summed E-state index contributed by atoms with van der Waals surface area (Å²) in [4.78, 5) is 0. The first-order valence-electron chi connectivity index (χ1n) is 3.85. The fourth-order valence-electron chi connectivity index (χ4n) is 1.11. The van der Waals surface area contributed by atoms with Crippen molar-refractivity contribution in [3.8, 4) is 11.4 Å². The van der Waals surface area contributed by atoms with Gasteiger partial charge in [0.1, 0.15) is 0 Å². The minimum Gasteiger partial charge on any atom is -0.399 e. The molecule has 0 atom stereocenters. The molecule has 0 aliphatic rings. The quantitative estimate of drug-likeness (QED) is 0.711. The van der Waals surface area contributed by atoms with Crippen LogP contribution in [-0.4, -0.2) is 20.2 Å². The van der Waals surface area contributed by atoms with Gasteiger partial charge in [-0.25, -0.2) is 4.68 Å². The molecule has 0 unspecified atom stereocenters. The van der Waals surface area contributed by atoms with E-state index in [2.05, 4.69) is 15.5 Å². The van der Waals surface area contributed by atoms with Crippen molar-refractivity contribution in [2.75, 3.05) is 5.73 Å². The number of tetrazole rings is 1. The van der Waals surface area contributed by atoms with Crippen molar-refractivity contribution in [2.45, 2.75) is 0 Å². The molecule has 2 aromatic rings. The van der Waals surface area contributed by atoms with Gasteiger partial charge in [-0.15, -0.1) is 17.5 Å². The van der Waals surface area contributed by atoms with Crippen molar-refractivity contribution in [2.24, 2.45) is 7.05 Å². The summed E-state index contributed by atoms with van der Waals surface area (Å²) in [7, 11) is 1.80. The van der Waals surface area contributed by atoms with Crippen LogP contribution in [0.15, 0.2) is 24.3 Å². The Morgan fingerprint density at radius 3 is 2.36 bits per heavy atom. The zero-order chi connectivity index (χ0) is 9.26. The van der Waals surface area contributed by atoms with E-state index in [4.69, 9.17) is 5.73 Å². The van der Waals surface area contributed by atoms with Gasteiger partial charge in [0.2, 0.25) is 0 Å². The largest absolute Gasteiger partial charge is 0.399 e. The summed E-state index contributed by atoms with van der Waals surface area (Å²) >= 11 is 0. The monoisotopic (exact) mass is 211 g/mol. The van der Waals surface area contributed by atoms with E-state index < -0.39 is 0 Å². The number of aryl methyl sites for hydroxylation is 1. The highest BCUT2D eigenvalue weighted by Gasteiger charge is 2.03. The number of rotatable bonds is 1. The van der Waals surface area contributed by atoms with Crippen LogP contribution in [0.4, 0.5) is 5.69 Å². The second kappa shape index (κ2) is 4.06. The highest BCUT2D eigenvalue weighted by molar-refractivity contribution is 5.85. The normalized spacial score (nSPS) is 9.50. The molecule has 14 heavy (non-hydrogen) atoms. The average Bonchev–Trinajstić information content (AvgIpc) is 2.53. The second-order valence-electron chi connectivity index (χ2n) is 2.75. The van der Waals surface area contributed by atoms with E-state index >= 15 is 0 Å². The van der Waals surface area contributed by atoms with Crippen molar-refractivity contribution >= 4 is 18.1 Å². The van der Waals surface area contributed by atoms with Crippen molar-refractivity contribution in [3.63, 3.8) is 0 Å². The molecule has 0 amide bonds. The predicted molar refractivity (Wildman–Crippen MR) is 55.9 cm³/mol. The van der Waals surface area contributed by atoms with Crippen LogP contribution in [0.25, 0.3) is 11.4 Å². The Kier molecular flexibility index (Phi) is 3.03. The van der Waals surface area contributed by atoms with Crippen LogP contribution in [-0.2, 0) is 7.05 Å².